The number of nitrogens with one attached hydrogen (secondary N) is 2. The highest BCUT2D eigenvalue weighted by atomic mass is 35.5. The molecule has 2 fully saturated rings. The Morgan fingerprint density at radius 2 is 1.93 bits per heavy atom. The number of aliphatic hydroxyl groups excluding tert-OH is 1. The van der Waals surface area contributed by atoms with E-state index in [0.29, 0.717) is 5.92 Å². The molecule has 84 valence electrons. The Hall–Kier alpha value is 0.170. The van der Waals surface area contributed by atoms with Crippen molar-refractivity contribution in [2.75, 3.05) is 19.6 Å². The number of rotatable bonds is 3. The molecule has 0 aromatic heterocycles. The van der Waals surface area contributed by atoms with Crippen LogP contribution in [0.5, 0.6) is 0 Å². The topological polar surface area (TPSA) is 44.3 Å². The fraction of sp³-hybridized carbons (Fsp3) is 1.00. The van der Waals surface area contributed by atoms with Gasteiger partial charge >= 0.3 is 0 Å². The van der Waals surface area contributed by atoms with Crippen LogP contribution in [0.25, 0.3) is 0 Å². The highest BCUT2D eigenvalue weighted by Gasteiger charge is 2.25. The molecule has 1 saturated heterocycles. The molecular formula is C10H21ClN2O. The molecule has 1 saturated carbocycles. The number of halogens is 1. The maximum atomic E-state index is 9.56. The standard InChI is InChI=1S/C10H20N2O.ClH/c13-10-7-11-5-8(10)6-12-9-3-1-2-4-9;/h8-13H,1-7H2;1H. The summed E-state index contributed by atoms with van der Waals surface area (Å²) in [5, 5.41) is 16.3. The molecule has 0 aromatic carbocycles. The summed E-state index contributed by atoms with van der Waals surface area (Å²) in [7, 11) is 0. The zero-order valence-electron chi connectivity index (χ0n) is 8.54. The molecule has 1 aliphatic carbocycles. The van der Waals surface area contributed by atoms with E-state index in [1.54, 1.807) is 0 Å². The van der Waals surface area contributed by atoms with Gasteiger partial charge in [-0.1, -0.05) is 12.8 Å². The highest BCUT2D eigenvalue weighted by Crippen LogP contribution is 2.18. The second-order valence-electron chi connectivity index (χ2n) is 4.38. The average molecular weight is 221 g/mol. The molecule has 2 rings (SSSR count). The van der Waals surface area contributed by atoms with E-state index in [-0.39, 0.29) is 18.5 Å². The second-order valence-corrected chi connectivity index (χ2v) is 4.38. The summed E-state index contributed by atoms with van der Waals surface area (Å²) in [5.74, 6) is 0.431. The largest absolute Gasteiger partial charge is 0.391 e. The van der Waals surface area contributed by atoms with Crippen LogP contribution in [-0.4, -0.2) is 36.9 Å². The van der Waals surface area contributed by atoms with Gasteiger partial charge in [0.25, 0.3) is 0 Å². The van der Waals surface area contributed by atoms with Gasteiger partial charge in [0.1, 0.15) is 0 Å². The number of hydrogen-bond acceptors (Lipinski definition) is 3. The van der Waals surface area contributed by atoms with Crippen molar-refractivity contribution in [1.29, 1.82) is 0 Å². The SMILES string of the molecule is Cl.OC1CNCC1CNC1CCCC1. The van der Waals surface area contributed by atoms with E-state index < -0.39 is 0 Å². The number of aliphatic hydroxyl groups is 1. The molecule has 1 aliphatic heterocycles. The molecule has 2 unspecified atom stereocenters. The van der Waals surface area contributed by atoms with E-state index in [2.05, 4.69) is 10.6 Å². The van der Waals surface area contributed by atoms with E-state index in [1.807, 2.05) is 0 Å². The smallest absolute Gasteiger partial charge is 0.0716 e. The van der Waals surface area contributed by atoms with Gasteiger partial charge in [-0.2, -0.15) is 0 Å². The lowest BCUT2D eigenvalue weighted by molar-refractivity contribution is 0.144. The van der Waals surface area contributed by atoms with Crippen molar-refractivity contribution in [3.63, 3.8) is 0 Å². The number of β-amino-alcohol motifs (C(OH)–C–C–N with tert-alkyl or cyclic N) is 1. The molecule has 2 atom stereocenters. The van der Waals surface area contributed by atoms with Crippen LogP contribution in [-0.2, 0) is 0 Å². The summed E-state index contributed by atoms with van der Waals surface area (Å²) in [5.41, 5.74) is 0. The molecule has 3 nitrogen and oxygen atoms in total. The summed E-state index contributed by atoms with van der Waals surface area (Å²) >= 11 is 0. The van der Waals surface area contributed by atoms with E-state index in [0.717, 1.165) is 25.7 Å². The lowest BCUT2D eigenvalue weighted by atomic mass is 10.1. The molecule has 1 heterocycles. The van der Waals surface area contributed by atoms with Crippen molar-refractivity contribution in [2.24, 2.45) is 5.92 Å². The maximum Gasteiger partial charge on any atom is 0.0716 e. The van der Waals surface area contributed by atoms with Crippen molar-refractivity contribution in [3.8, 4) is 0 Å². The Morgan fingerprint density at radius 3 is 2.50 bits per heavy atom. The minimum Gasteiger partial charge on any atom is -0.391 e. The van der Waals surface area contributed by atoms with Crippen LogP contribution in [0.15, 0.2) is 0 Å². The Balaban J connectivity index is 0.000000980. The van der Waals surface area contributed by atoms with Crippen molar-refractivity contribution < 1.29 is 5.11 Å². The minimum absolute atomic E-state index is 0. The first kappa shape index (κ1) is 12.2. The van der Waals surface area contributed by atoms with Crippen molar-refractivity contribution in [1.82, 2.24) is 10.6 Å². The van der Waals surface area contributed by atoms with Crippen molar-refractivity contribution >= 4 is 12.4 Å². The van der Waals surface area contributed by atoms with E-state index in [1.165, 1.54) is 25.7 Å². The fourth-order valence-electron chi connectivity index (χ4n) is 2.38. The first-order valence-electron chi connectivity index (χ1n) is 5.48. The van der Waals surface area contributed by atoms with Crippen LogP contribution in [0.4, 0.5) is 0 Å². The molecule has 14 heavy (non-hydrogen) atoms. The van der Waals surface area contributed by atoms with E-state index in [4.69, 9.17) is 0 Å². The maximum absolute atomic E-state index is 9.56. The second kappa shape index (κ2) is 5.91. The molecule has 2 aliphatic rings. The summed E-state index contributed by atoms with van der Waals surface area (Å²) in [6.07, 6.45) is 5.28. The first-order chi connectivity index (χ1) is 6.36. The van der Waals surface area contributed by atoms with Gasteiger partial charge in [0.15, 0.2) is 0 Å². The first-order valence-corrected chi connectivity index (χ1v) is 5.48. The molecular weight excluding hydrogens is 200 g/mol. The number of hydrogen-bond donors (Lipinski definition) is 3. The third-order valence-corrected chi connectivity index (χ3v) is 3.33. The quantitative estimate of drug-likeness (QED) is 0.650. The van der Waals surface area contributed by atoms with E-state index in [9.17, 15) is 5.11 Å². The van der Waals surface area contributed by atoms with Gasteiger partial charge in [-0.05, 0) is 12.8 Å². The van der Waals surface area contributed by atoms with Gasteiger partial charge in [0.05, 0.1) is 6.10 Å². The Morgan fingerprint density at radius 1 is 1.21 bits per heavy atom. The lowest BCUT2D eigenvalue weighted by Crippen LogP contribution is -2.35. The molecule has 0 amide bonds. The molecule has 0 radical (unpaired) electrons. The van der Waals surface area contributed by atoms with Crippen LogP contribution in [0.2, 0.25) is 0 Å². The normalized spacial score (nSPS) is 33.2. The molecule has 0 spiro atoms. The summed E-state index contributed by atoms with van der Waals surface area (Å²) in [4.78, 5) is 0. The predicted octanol–water partition coefficient (Wildman–Crippen LogP) is 0.521. The van der Waals surface area contributed by atoms with Crippen LogP contribution in [0, 0.1) is 5.92 Å². The zero-order valence-corrected chi connectivity index (χ0v) is 9.35. The predicted molar refractivity (Wildman–Crippen MR) is 59.9 cm³/mol. The lowest BCUT2D eigenvalue weighted by Gasteiger charge is -2.17. The van der Waals surface area contributed by atoms with E-state index >= 15 is 0 Å². The molecule has 0 bridgehead atoms. The fourth-order valence-corrected chi connectivity index (χ4v) is 2.38. The molecule has 4 heteroatoms. The average Bonchev–Trinajstić information content (AvgIpc) is 2.72. The third kappa shape index (κ3) is 3.09. The van der Waals surface area contributed by atoms with Gasteiger partial charge in [-0.25, -0.2) is 0 Å². The highest BCUT2D eigenvalue weighted by molar-refractivity contribution is 5.85. The van der Waals surface area contributed by atoms with Gasteiger partial charge in [-0.15, -0.1) is 12.4 Å². The van der Waals surface area contributed by atoms with Gasteiger partial charge in [0, 0.05) is 31.6 Å². The van der Waals surface area contributed by atoms with Crippen LogP contribution >= 0.6 is 12.4 Å². The van der Waals surface area contributed by atoms with Crippen LogP contribution in [0.1, 0.15) is 25.7 Å². The summed E-state index contributed by atoms with van der Waals surface area (Å²) < 4.78 is 0. The summed E-state index contributed by atoms with van der Waals surface area (Å²) in [6, 6.07) is 0.729. The Labute approximate surface area is 92.1 Å². The van der Waals surface area contributed by atoms with Crippen LogP contribution < -0.4 is 10.6 Å². The minimum atomic E-state index is -0.131. The zero-order chi connectivity index (χ0) is 9.10. The van der Waals surface area contributed by atoms with Gasteiger partial charge in [0.2, 0.25) is 0 Å². The Bertz CT molecular complexity index is 162. The monoisotopic (exact) mass is 220 g/mol. The van der Waals surface area contributed by atoms with Gasteiger partial charge in [-0.3, -0.25) is 0 Å². The van der Waals surface area contributed by atoms with Crippen molar-refractivity contribution in [2.45, 2.75) is 37.8 Å². The Kier molecular flexibility index (Phi) is 5.17. The molecule has 0 aromatic rings. The third-order valence-electron chi connectivity index (χ3n) is 3.33. The van der Waals surface area contributed by atoms with Crippen molar-refractivity contribution in [3.05, 3.63) is 0 Å². The molecule has 3 N–H and O–H groups in total. The van der Waals surface area contributed by atoms with Gasteiger partial charge < -0.3 is 15.7 Å². The summed E-state index contributed by atoms with van der Waals surface area (Å²) in [6.45, 7) is 2.73. The van der Waals surface area contributed by atoms with Crippen LogP contribution in [0.3, 0.4) is 0 Å².